The summed E-state index contributed by atoms with van der Waals surface area (Å²) in [6.07, 6.45) is 5.05. The van der Waals surface area contributed by atoms with Crippen LogP contribution in [0.4, 0.5) is 15.3 Å². The van der Waals surface area contributed by atoms with Crippen molar-refractivity contribution in [2.24, 2.45) is 11.8 Å². The van der Waals surface area contributed by atoms with E-state index in [1.807, 2.05) is 45.9 Å². The second kappa shape index (κ2) is 16.6. The van der Waals surface area contributed by atoms with Crippen LogP contribution >= 0.6 is 0 Å². The molecule has 7 rings (SSSR count). The fraction of sp³-hybridized carbons (Fsp3) is 0.439. The van der Waals surface area contributed by atoms with Gasteiger partial charge in [0.1, 0.15) is 29.5 Å². The van der Waals surface area contributed by atoms with Crippen LogP contribution in [-0.2, 0) is 19.1 Å². The summed E-state index contributed by atoms with van der Waals surface area (Å²) < 4.78 is 15.8. The Hall–Kier alpha value is -6.39. The van der Waals surface area contributed by atoms with E-state index in [1.165, 1.54) is 14.2 Å². The molecule has 0 spiro atoms. The molecule has 4 aromatic rings. The quantitative estimate of drug-likeness (QED) is 0.128. The lowest BCUT2D eigenvalue weighted by Crippen LogP contribution is -2.51. The second-order valence-electron chi connectivity index (χ2n) is 15.4. The Kier molecular flexibility index (Phi) is 11.4. The molecule has 2 aromatic carbocycles. The predicted molar refractivity (Wildman–Crippen MR) is 212 cm³/mol. The highest BCUT2D eigenvalue weighted by molar-refractivity contribution is 6.09. The molecular weight excluding hydrogens is 747 g/mol. The third kappa shape index (κ3) is 7.93. The molecule has 0 unspecified atom stereocenters. The number of ether oxygens (including phenoxy) is 3. The highest BCUT2D eigenvalue weighted by atomic mass is 16.5. The number of methoxy groups -OCH3 is 2. The molecule has 3 aliphatic rings. The summed E-state index contributed by atoms with van der Waals surface area (Å²) in [5.74, 6) is 1.03. The Bertz CT molecular complexity index is 2210. The Morgan fingerprint density at radius 3 is 1.71 bits per heavy atom. The van der Waals surface area contributed by atoms with Gasteiger partial charge >= 0.3 is 12.2 Å². The van der Waals surface area contributed by atoms with Gasteiger partial charge in [-0.05, 0) is 73.9 Å². The molecule has 2 fully saturated rings. The van der Waals surface area contributed by atoms with Crippen LogP contribution in [0.15, 0.2) is 48.8 Å². The van der Waals surface area contributed by atoms with Crippen LogP contribution in [0.5, 0.6) is 11.5 Å². The van der Waals surface area contributed by atoms with E-state index in [4.69, 9.17) is 14.2 Å². The minimum absolute atomic E-state index is 0.150. The number of benzene rings is 2. The summed E-state index contributed by atoms with van der Waals surface area (Å²) in [5.41, 5.74) is 3.62. The van der Waals surface area contributed by atoms with Crippen molar-refractivity contribution in [2.45, 2.75) is 77.5 Å². The van der Waals surface area contributed by atoms with E-state index >= 15 is 0 Å². The van der Waals surface area contributed by atoms with Crippen LogP contribution in [0.3, 0.4) is 0 Å². The summed E-state index contributed by atoms with van der Waals surface area (Å²) in [5, 5.41) is 8.33. The van der Waals surface area contributed by atoms with E-state index in [1.54, 1.807) is 40.4 Å². The number of aromatic nitrogens is 4. The zero-order chi connectivity index (χ0) is 41.2. The van der Waals surface area contributed by atoms with Crippen LogP contribution in [0, 0.1) is 11.8 Å². The Morgan fingerprint density at radius 1 is 0.741 bits per heavy atom. The number of rotatable bonds is 10. The number of carbonyl (C=O) groups excluding carboxylic acids is 5. The van der Waals surface area contributed by atoms with Gasteiger partial charge in [0.2, 0.25) is 11.8 Å². The third-order valence-electron chi connectivity index (χ3n) is 11.0. The topological polar surface area (TPSA) is 213 Å². The monoisotopic (exact) mass is 795 g/mol. The van der Waals surface area contributed by atoms with Gasteiger partial charge in [-0.15, -0.1) is 0 Å². The first kappa shape index (κ1) is 39.8. The van der Waals surface area contributed by atoms with E-state index in [-0.39, 0.29) is 41.6 Å². The van der Waals surface area contributed by atoms with Crippen molar-refractivity contribution in [3.63, 3.8) is 0 Å². The van der Waals surface area contributed by atoms with Crippen LogP contribution in [0.25, 0.3) is 22.5 Å². The molecule has 0 saturated carbocycles. The Balaban J connectivity index is 1.06. The average Bonchev–Trinajstić information content (AvgIpc) is 4.05. The number of anilines is 1. The molecule has 0 radical (unpaired) electrons. The summed E-state index contributed by atoms with van der Waals surface area (Å²) in [7, 11) is 2.53. The second-order valence-corrected chi connectivity index (χ2v) is 15.4. The highest BCUT2D eigenvalue weighted by Crippen LogP contribution is 2.40. The fourth-order valence-corrected chi connectivity index (χ4v) is 7.85. The first-order chi connectivity index (χ1) is 27.9. The standard InChI is InChI=1S/C41H49N9O8/c1-21(2)33(47-40(54)56-5)38(52)49-15-7-9-29(49)35-42-19-27(44-35)23-11-13-31-25(17-23)37(51)46-26-18-24(12-14-32(26)58-31)28-20-43-36(45-28)30-10-8-16-50(30)39(53)34(22(3)4)48-41(55)57-6/h11-14,17-22,29-30,33-34H,7-10,15-16H2,1-6H3,(H,42,44)(H,43,45)(H,46,51)(H,47,54)(H,48,55)/t29-,30-,33-,34-/m0/s1. The summed E-state index contributed by atoms with van der Waals surface area (Å²) >= 11 is 0. The van der Waals surface area contributed by atoms with Gasteiger partial charge < -0.3 is 49.9 Å². The Labute approximate surface area is 335 Å². The van der Waals surface area contributed by atoms with Crippen LogP contribution < -0.4 is 20.7 Å². The predicted octanol–water partition coefficient (Wildman–Crippen LogP) is 5.91. The van der Waals surface area contributed by atoms with Gasteiger partial charge in [-0.3, -0.25) is 14.4 Å². The molecule has 17 heteroatoms. The smallest absolute Gasteiger partial charge is 0.407 e. The lowest BCUT2D eigenvalue weighted by molar-refractivity contribution is -0.136. The number of alkyl carbamates (subject to hydrolysis) is 2. The number of aromatic amines is 2. The summed E-state index contributed by atoms with van der Waals surface area (Å²) in [6.45, 7) is 8.55. The highest BCUT2D eigenvalue weighted by Gasteiger charge is 2.39. The van der Waals surface area contributed by atoms with Gasteiger partial charge in [0.05, 0.1) is 61.3 Å². The molecular formula is C41H49N9O8. The van der Waals surface area contributed by atoms with E-state index in [0.717, 1.165) is 18.4 Å². The van der Waals surface area contributed by atoms with E-state index in [9.17, 15) is 24.0 Å². The van der Waals surface area contributed by atoms with E-state index in [2.05, 4.69) is 35.9 Å². The lowest BCUT2D eigenvalue weighted by atomic mass is 10.0. The number of H-pyrrole nitrogens is 2. The molecule has 2 saturated heterocycles. The van der Waals surface area contributed by atoms with Crippen molar-refractivity contribution >= 4 is 35.6 Å². The number of hydrogen-bond donors (Lipinski definition) is 5. The number of carbonyl (C=O) groups is 5. The van der Waals surface area contributed by atoms with Crippen molar-refractivity contribution < 1.29 is 38.2 Å². The molecule has 5 amide bonds. The Morgan fingerprint density at radius 2 is 1.22 bits per heavy atom. The van der Waals surface area contributed by atoms with Crippen LogP contribution in [-0.4, -0.2) is 99.0 Å². The molecule has 58 heavy (non-hydrogen) atoms. The van der Waals surface area contributed by atoms with Crippen molar-refractivity contribution in [3.8, 4) is 34.0 Å². The number of nitrogens with zero attached hydrogens (tertiary/aromatic N) is 4. The largest absolute Gasteiger partial charge is 0.454 e. The number of imidazole rings is 2. The van der Waals surface area contributed by atoms with E-state index in [0.29, 0.717) is 77.3 Å². The maximum absolute atomic E-state index is 13.7. The number of fused-ring (bicyclic) bond motifs is 2. The van der Waals surface area contributed by atoms with Crippen molar-refractivity contribution in [2.75, 3.05) is 32.6 Å². The molecule has 0 aliphatic carbocycles. The normalized spacial score (nSPS) is 18.4. The maximum Gasteiger partial charge on any atom is 0.407 e. The summed E-state index contributed by atoms with van der Waals surface area (Å²) in [4.78, 5) is 84.4. The van der Waals surface area contributed by atoms with Gasteiger partial charge in [-0.25, -0.2) is 19.6 Å². The molecule has 5 N–H and O–H groups in total. The van der Waals surface area contributed by atoms with Crippen LogP contribution in [0.2, 0.25) is 0 Å². The first-order valence-electron chi connectivity index (χ1n) is 19.5. The molecule has 306 valence electrons. The minimum atomic E-state index is -0.746. The number of hydrogen-bond acceptors (Lipinski definition) is 10. The number of nitrogens with one attached hydrogen (secondary N) is 5. The molecule has 17 nitrogen and oxygen atoms in total. The van der Waals surface area contributed by atoms with Gasteiger partial charge in [0.25, 0.3) is 5.91 Å². The summed E-state index contributed by atoms with van der Waals surface area (Å²) in [6, 6.07) is 8.69. The van der Waals surface area contributed by atoms with Gasteiger partial charge in [-0.1, -0.05) is 27.7 Å². The van der Waals surface area contributed by atoms with Gasteiger partial charge in [0.15, 0.2) is 5.75 Å². The third-order valence-corrected chi connectivity index (χ3v) is 11.0. The SMILES string of the molecule is COC(=O)N[C@H](C(=O)N1CCC[C@H]1c1ncc(-c2ccc3c(c2)NC(=O)c2cc(-c4cnc([C@@H]5CCCN5C(=O)[C@@H](NC(=O)OC)C(C)C)[nH]4)ccc2O3)[nH]1)C(C)C. The van der Waals surface area contributed by atoms with Crippen molar-refractivity contribution in [1.29, 1.82) is 0 Å². The number of amides is 5. The molecule has 5 heterocycles. The first-order valence-corrected chi connectivity index (χ1v) is 19.5. The van der Waals surface area contributed by atoms with Crippen molar-refractivity contribution in [1.82, 2.24) is 40.4 Å². The van der Waals surface area contributed by atoms with E-state index < -0.39 is 24.3 Å². The molecule has 2 aromatic heterocycles. The van der Waals surface area contributed by atoms with Crippen LogP contribution in [0.1, 0.15) is 87.5 Å². The zero-order valence-electron chi connectivity index (χ0n) is 33.4. The van der Waals surface area contributed by atoms with Gasteiger partial charge in [0, 0.05) is 24.2 Å². The molecule has 3 aliphatic heterocycles. The fourth-order valence-electron chi connectivity index (χ4n) is 7.85. The van der Waals surface area contributed by atoms with Gasteiger partial charge in [-0.2, -0.15) is 0 Å². The maximum atomic E-state index is 13.7. The molecule has 0 bridgehead atoms. The lowest BCUT2D eigenvalue weighted by Gasteiger charge is -2.30. The number of likely N-dealkylation sites (tertiary alicyclic amines) is 2. The average molecular weight is 796 g/mol. The van der Waals surface area contributed by atoms with Crippen molar-refractivity contribution in [3.05, 3.63) is 66.0 Å². The minimum Gasteiger partial charge on any atom is -0.454 e. The molecule has 4 atom stereocenters. The zero-order valence-corrected chi connectivity index (χ0v) is 33.4.